The van der Waals surface area contributed by atoms with Gasteiger partial charge in [0.05, 0.1) is 0 Å². The van der Waals surface area contributed by atoms with Crippen LogP contribution < -0.4 is 4.90 Å². The first kappa shape index (κ1) is 17.0. The van der Waals surface area contributed by atoms with Crippen LogP contribution >= 0.6 is 0 Å². The van der Waals surface area contributed by atoms with Gasteiger partial charge in [0.15, 0.2) is 0 Å². The van der Waals surface area contributed by atoms with Gasteiger partial charge in [-0.05, 0) is 62.3 Å². The molecular formula is C22H23FN2O. The summed E-state index contributed by atoms with van der Waals surface area (Å²) >= 11 is 0. The SMILES string of the molecule is Cc1ccc2c(c1)[C@H]1CN(C)CC[C@H]1N2C(=O)/C=C/c1ccc(F)cc1. The molecule has 2 aliphatic heterocycles. The molecule has 2 atom stereocenters. The number of carbonyl (C=O) groups excluding carboxylic acids is 1. The summed E-state index contributed by atoms with van der Waals surface area (Å²) in [4.78, 5) is 17.3. The number of hydrogen-bond acceptors (Lipinski definition) is 2. The number of rotatable bonds is 2. The van der Waals surface area contributed by atoms with E-state index in [9.17, 15) is 9.18 Å². The van der Waals surface area contributed by atoms with Gasteiger partial charge in [0.2, 0.25) is 0 Å². The van der Waals surface area contributed by atoms with Gasteiger partial charge in [-0.15, -0.1) is 0 Å². The van der Waals surface area contributed by atoms with E-state index in [0.29, 0.717) is 5.92 Å². The molecule has 0 radical (unpaired) electrons. The maximum absolute atomic E-state index is 13.0. The molecule has 26 heavy (non-hydrogen) atoms. The molecule has 0 aromatic heterocycles. The number of aryl methyl sites for hydroxylation is 1. The number of hydrogen-bond donors (Lipinski definition) is 0. The summed E-state index contributed by atoms with van der Waals surface area (Å²) in [6.45, 7) is 4.08. The second-order valence-corrected chi connectivity index (χ2v) is 7.38. The summed E-state index contributed by atoms with van der Waals surface area (Å²) in [5.74, 6) is 0.0924. The molecule has 0 unspecified atom stereocenters. The van der Waals surface area contributed by atoms with Crippen LogP contribution in [0.3, 0.4) is 0 Å². The van der Waals surface area contributed by atoms with Crippen molar-refractivity contribution in [3.8, 4) is 0 Å². The van der Waals surface area contributed by atoms with E-state index in [1.807, 2.05) is 4.90 Å². The minimum atomic E-state index is -0.272. The third kappa shape index (κ3) is 3.06. The van der Waals surface area contributed by atoms with Crippen LogP contribution in [0.25, 0.3) is 6.08 Å². The molecule has 2 heterocycles. The van der Waals surface area contributed by atoms with Crippen molar-refractivity contribution in [2.24, 2.45) is 0 Å². The van der Waals surface area contributed by atoms with Crippen molar-refractivity contribution in [1.29, 1.82) is 0 Å². The number of benzene rings is 2. The predicted molar refractivity (Wildman–Crippen MR) is 103 cm³/mol. The minimum absolute atomic E-state index is 0.00326. The maximum Gasteiger partial charge on any atom is 0.251 e. The fourth-order valence-electron chi connectivity index (χ4n) is 4.19. The molecule has 2 aromatic rings. The normalized spacial score (nSPS) is 22.5. The van der Waals surface area contributed by atoms with Crippen LogP contribution in [0.1, 0.15) is 29.0 Å². The summed E-state index contributed by atoms with van der Waals surface area (Å²) in [5, 5.41) is 0. The zero-order valence-corrected chi connectivity index (χ0v) is 15.2. The average molecular weight is 350 g/mol. The summed E-state index contributed by atoms with van der Waals surface area (Å²) in [5.41, 5.74) is 4.37. The highest BCUT2D eigenvalue weighted by Gasteiger charge is 2.43. The van der Waals surface area contributed by atoms with Gasteiger partial charge in [-0.2, -0.15) is 0 Å². The number of nitrogens with zero attached hydrogens (tertiary/aromatic N) is 2. The molecule has 0 bridgehead atoms. The second-order valence-electron chi connectivity index (χ2n) is 7.38. The lowest BCUT2D eigenvalue weighted by Gasteiger charge is -2.36. The number of likely N-dealkylation sites (N-methyl/N-ethyl adjacent to an activating group) is 1. The van der Waals surface area contributed by atoms with Crippen molar-refractivity contribution in [1.82, 2.24) is 4.90 Å². The lowest BCUT2D eigenvalue weighted by Crippen LogP contribution is -2.46. The number of piperidine rings is 1. The molecule has 4 heteroatoms. The highest BCUT2D eigenvalue weighted by Crippen LogP contribution is 2.45. The molecule has 1 amide bonds. The Morgan fingerprint density at radius 1 is 1.19 bits per heavy atom. The van der Waals surface area contributed by atoms with Crippen molar-refractivity contribution < 1.29 is 9.18 Å². The molecule has 2 aliphatic rings. The monoisotopic (exact) mass is 350 g/mol. The van der Waals surface area contributed by atoms with Crippen molar-refractivity contribution in [3.05, 3.63) is 71.0 Å². The van der Waals surface area contributed by atoms with Gasteiger partial charge < -0.3 is 9.80 Å². The average Bonchev–Trinajstić information content (AvgIpc) is 2.94. The Balaban J connectivity index is 1.64. The van der Waals surface area contributed by atoms with E-state index in [1.165, 1.54) is 23.3 Å². The topological polar surface area (TPSA) is 23.6 Å². The van der Waals surface area contributed by atoms with Crippen LogP contribution in [-0.4, -0.2) is 37.0 Å². The van der Waals surface area contributed by atoms with Crippen molar-refractivity contribution in [3.63, 3.8) is 0 Å². The predicted octanol–water partition coefficient (Wildman–Crippen LogP) is 3.98. The van der Waals surface area contributed by atoms with Gasteiger partial charge in [-0.1, -0.05) is 29.8 Å². The Labute approximate surface area is 153 Å². The number of likely N-dealkylation sites (tertiary alicyclic amines) is 1. The fourth-order valence-corrected chi connectivity index (χ4v) is 4.19. The van der Waals surface area contributed by atoms with Crippen LogP contribution in [0, 0.1) is 12.7 Å². The smallest absolute Gasteiger partial charge is 0.251 e. The fraction of sp³-hybridized carbons (Fsp3) is 0.318. The Kier molecular flexibility index (Phi) is 4.37. The molecule has 3 nitrogen and oxygen atoms in total. The number of amides is 1. The molecule has 4 rings (SSSR count). The largest absolute Gasteiger partial charge is 0.306 e. The van der Waals surface area contributed by atoms with Crippen molar-refractivity contribution >= 4 is 17.7 Å². The first-order valence-electron chi connectivity index (χ1n) is 9.09. The molecule has 0 saturated carbocycles. The zero-order valence-electron chi connectivity index (χ0n) is 15.2. The lowest BCUT2D eigenvalue weighted by molar-refractivity contribution is -0.114. The molecule has 2 aromatic carbocycles. The number of carbonyl (C=O) groups is 1. The van der Waals surface area contributed by atoms with Crippen LogP contribution in [0.15, 0.2) is 48.5 Å². The van der Waals surface area contributed by atoms with Crippen molar-refractivity contribution in [2.75, 3.05) is 25.0 Å². The van der Waals surface area contributed by atoms with Gasteiger partial charge in [0, 0.05) is 30.3 Å². The van der Waals surface area contributed by atoms with E-state index in [-0.39, 0.29) is 17.8 Å². The zero-order chi connectivity index (χ0) is 18.3. The quantitative estimate of drug-likeness (QED) is 0.765. The first-order chi connectivity index (χ1) is 12.5. The van der Waals surface area contributed by atoms with Gasteiger partial charge in [-0.3, -0.25) is 4.79 Å². The molecule has 0 N–H and O–H groups in total. The molecule has 0 spiro atoms. The standard InChI is InChI=1S/C22H23FN2O/c1-15-3-9-20-18(13-15)19-14-24(2)12-11-21(19)25(20)22(26)10-6-16-4-7-17(23)8-5-16/h3-10,13,19,21H,11-12,14H2,1-2H3/b10-6+/t19-,21-/m1/s1. The van der Waals surface area contributed by atoms with E-state index in [0.717, 1.165) is 30.8 Å². The lowest BCUT2D eigenvalue weighted by atomic mass is 9.89. The summed E-state index contributed by atoms with van der Waals surface area (Å²) in [7, 11) is 2.14. The highest BCUT2D eigenvalue weighted by atomic mass is 19.1. The highest BCUT2D eigenvalue weighted by molar-refractivity contribution is 6.06. The van der Waals surface area contributed by atoms with Crippen LogP contribution in [-0.2, 0) is 4.79 Å². The molecule has 1 saturated heterocycles. The second kappa shape index (κ2) is 6.69. The summed E-state index contributed by atoms with van der Waals surface area (Å²) in [6.07, 6.45) is 4.35. The number of anilines is 1. The van der Waals surface area contributed by atoms with Crippen molar-refractivity contribution in [2.45, 2.75) is 25.3 Å². The number of halogens is 1. The molecule has 1 fully saturated rings. The molecular weight excluding hydrogens is 327 g/mol. The van der Waals surface area contributed by atoms with E-state index < -0.39 is 0 Å². The van der Waals surface area contributed by atoms with Gasteiger partial charge in [0.1, 0.15) is 5.82 Å². The van der Waals surface area contributed by atoms with E-state index in [2.05, 4.69) is 37.1 Å². The Bertz CT molecular complexity index is 859. The van der Waals surface area contributed by atoms with Crippen LogP contribution in [0.4, 0.5) is 10.1 Å². The molecule has 134 valence electrons. The maximum atomic E-state index is 13.0. The molecule has 0 aliphatic carbocycles. The third-order valence-corrected chi connectivity index (χ3v) is 5.48. The van der Waals surface area contributed by atoms with E-state index in [1.54, 1.807) is 24.3 Å². The Morgan fingerprint density at radius 3 is 2.73 bits per heavy atom. The van der Waals surface area contributed by atoms with Gasteiger partial charge in [-0.25, -0.2) is 4.39 Å². The van der Waals surface area contributed by atoms with Gasteiger partial charge in [0.25, 0.3) is 5.91 Å². The van der Waals surface area contributed by atoms with Gasteiger partial charge >= 0.3 is 0 Å². The number of fused-ring (bicyclic) bond motifs is 3. The van der Waals surface area contributed by atoms with E-state index in [4.69, 9.17) is 0 Å². The Morgan fingerprint density at radius 2 is 1.96 bits per heavy atom. The summed E-state index contributed by atoms with van der Waals surface area (Å²) < 4.78 is 13.0. The van der Waals surface area contributed by atoms with Crippen LogP contribution in [0.5, 0.6) is 0 Å². The van der Waals surface area contributed by atoms with Crippen LogP contribution in [0.2, 0.25) is 0 Å². The first-order valence-corrected chi connectivity index (χ1v) is 9.09. The van der Waals surface area contributed by atoms with E-state index >= 15 is 0 Å². The third-order valence-electron chi connectivity index (χ3n) is 5.48. The Hall–Kier alpha value is -2.46. The summed E-state index contributed by atoms with van der Waals surface area (Å²) in [6, 6.07) is 12.8. The minimum Gasteiger partial charge on any atom is -0.306 e.